The Bertz CT molecular complexity index is 553. The number of nitrogens with zero attached hydrogens (tertiary/aromatic N) is 1. The molecular formula is C15H20N2O. The first-order valence-corrected chi connectivity index (χ1v) is 6.49. The molecule has 3 nitrogen and oxygen atoms in total. The lowest BCUT2D eigenvalue weighted by molar-refractivity contribution is 0.0939. The second kappa shape index (κ2) is 5.36. The molecule has 0 atom stereocenters. The molecule has 0 amide bonds. The van der Waals surface area contributed by atoms with Crippen LogP contribution in [-0.4, -0.2) is 35.3 Å². The van der Waals surface area contributed by atoms with E-state index >= 15 is 0 Å². The van der Waals surface area contributed by atoms with Gasteiger partial charge in [-0.15, -0.1) is 0 Å². The van der Waals surface area contributed by atoms with Gasteiger partial charge in [-0.05, 0) is 31.6 Å². The maximum absolute atomic E-state index is 12.3. The number of rotatable bonds is 5. The molecule has 1 aromatic carbocycles. The molecule has 1 heterocycles. The minimum absolute atomic E-state index is 0.194. The molecule has 3 heteroatoms. The molecule has 0 fully saturated rings. The van der Waals surface area contributed by atoms with Gasteiger partial charge in [0.1, 0.15) is 0 Å². The number of aromatic nitrogens is 1. The van der Waals surface area contributed by atoms with Crippen LogP contribution in [0.15, 0.2) is 24.4 Å². The van der Waals surface area contributed by atoms with E-state index in [1.807, 2.05) is 31.3 Å². The van der Waals surface area contributed by atoms with Crippen LogP contribution in [0.5, 0.6) is 0 Å². The number of hydrogen-bond donors (Lipinski definition) is 1. The highest BCUT2D eigenvalue weighted by Crippen LogP contribution is 2.22. The van der Waals surface area contributed by atoms with Crippen LogP contribution in [0.4, 0.5) is 0 Å². The van der Waals surface area contributed by atoms with Crippen molar-refractivity contribution in [3.8, 4) is 0 Å². The Morgan fingerprint density at radius 3 is 2.67 bits per heavy atom. The number of fused-ring (bicyclic) bond motifs is 1. The SMILES string of the molecule is CCN(CC)CC(=O)c1c[nH]c2cccc(C)c12. The number of H-pyrrole nitrogens is 1. The minimum atomic E-state index is 0.194. The Hall–Kier alpha value is -1.61. The van der Waals surface area contributed by atoms with E-state index in [2.05, 4.69) is 23.7 Å². The fourth-order valence-corrected chi connectivity index (χ4v) is 2.32. The van der Waals surface area contributed by atoms with Crippen molar-refractivity contribution in [1.82, 2.24) is 9.88 Å². The molecule has 0 aliphatic heterocycles. The van der Waals surface area contributed by atoms with Crippen LogP contribution >= 0.6 is 0 Å². The number of ketones is 1. The maximum Gasteiger partial charge on any atom is 0.178 e. The Labute approximate surface area is 108 Å². The van der Waals surface area contributed by atoms with E-state index in [1.165, 1.54) is 0 Å². The first-order chi connectivity index (χ1) is 8.67. The van der Waals surface area contributed by atoms with Gasteiger partial charge in [-0.25, -0.2) is 0 Å². The smallest absolute Gasteiger partial charge is 0.178 e. The van der Waals surface area contributed by atoms with Crippen molar-refractivity contribution >= 4 is 16.7 Å². The number of likely N-dealkylation sites (N-methyl/N-ethyl adjacent to an activating group) is 1. The molecule has 0 saturated carbocycles. The molecular weight excluding hydrogens is 224 g/mol. The number of benzene rings is 1. The molecule has 1 aromatic heterocycles. The van der Waals surface area contributed by atoms with Crippen molar-refractivity contribution in [3.05, 3.63) is 35.5 Å². The van der Waals surface area contributed by atoms with Gasteiger partial charge in [0.15, 0.2) is 5.78 Å². The molecule has 2 aromatic rings. The molecule has 0 unspecified atom stereocenters. The lowest BCUT2D eigenvalue weighted by Crippen LogP contribution is -2.29. The van der Waals surface area contributed by atoms with Crippen molar-refractivity contribution in [2.24, 2.45) is 0 Å². The van der Waals surface area contributed by atoms with Crippen LogP contribution in [0.25, 0.3) is 10.9 Å². The van der Waals surface area contributed by atoms with Gasteiger partial charge in [0, 0.05) is 22.7 Å². The highest BCUT2D eigenvalue weighted by atomic mass is 16.1. The number of aromatic amines is 1. The van der Waals surface area contributed by atoms with E-state index in [1.54, 1.807) is 0 Å². The predicted molar refractivity (Wildman–Crippen MR) is 75.2 cm³/mol. The third kappa shape index (κ3) is 2.31. The fraction of sp³-hybridized carbons (Fsp3) is 0.400. The molecule has 18 heavy (non-hydrogen) atoms. The number of nitrogens with one attached hydrogen (secondary N) is 1. The first-order valence-electron chi connectivity index (χ1n) is 6.49. The number of Topliss-reactive ketones (excluding diaryl/α,β-unsaturated/α-hetero) is 1. The summed E-state index contributed by atoms with van der Waals surface area (Å²) in [5.74, 6) is 0.194. The van der Waals surface area contributed by atoms with Crippen LogP contribution in [0.3, 0.4) is 0 Å². The molecule has 2 rings (SSSR count). The predicted octanol–water partition coefficient (Wildman–Crippen LogP) is 3.00. The van der Waals surface area contributed by atoms with Gasteiger partial charge in [-0.1, -0.05) is 26.0 Å². The molecule has 1 N–H and O–H groups in total. The Morgan fingerprint density at radius 2 is 2.00 bits per heavy atom. The Morgan fingerprint density at radius 1 is 1.28 bits per heavy atom. The van der Waals surface area contributed by atoms with Gasteiger partial charge < -0.3 is 4.98 Å². The summed E-state index contributed by atoms with van der Waals surface area (Å²) in [7, 11) is 0. The minimum Gasteiger partial charge on any atom is -0.360 e. The van der Waals surface area contributed by atoms with Crippen molar-refractivity contribution in [2.75, 3.05) is 19.6 Å². The van der Waals surface area contributed by atoms with E-state index in [4.69, 9.17) is 0 Å². The van der Waals surface area contributed by atoms with Crippen molar-refractivity contribution < 1.29 is 4.79 Å². The van der Waals surface area contributed by atoms with Crippen molar-refractivity contribution in [1.29, 1.82) is 0 Å². The maximum atomic E-state index is 12.3. The van der Waals surface area contributed by atoms with E-state index in [0.29, 0.717) is 6.54 Å². The molecule has 0 aliphatic carbocycles. The number of hydrogen-bond acceptors (Lipinski definition) is 2. The molecule has 0 bridgehead atoms. The van der Waals surface area contributed by atoms with Crippen molar-refractivity contribution in [3.63, 3.8) is 0 Å². The molecule has 0 spiro atoms. The van der Waals surface area contributed by atoms with E-state index in [0.717, 1.165) is 35.1 Å². The van der Waals surface area contributed by atoms with Crippen LogP contribution in [0, 0.1) is 6.92 Å². The van der Waals surface area contributed by atoms with Crippen LogP contribution in [-0.2, 0) is 0 Å². The normalized spacial score (nSPS) is 11.3. The molecule has 0 aliphatic rings. The van der Waals surface area contributed by atoms with Crippen LogP contribution in [0.2, 0.25) is 0 Å². The van der Waals surface area contributed by atoms with E-state index in [9.17, 15) is 4.79 Å². The summed E-state index contributed by atoms with van der Waals surface area (Å²) in [4.78, 5) is 17.7. The first kappa shape index (κ1) is 12.8. The number of carbonyl (C=O) groups is 1. The average molecular weight is 244 g/mol. The summed E-state index contributed by atoms with van der Waals surface area (Å²) in [5, 5.41) is 1.06. The van der Waals surface area contributed by atoms with E-state index in [-0.39, 0.29) is 5.78 Å². The zero-order chi connectivity index (χ0) is 13.1. The number of carbonyl (C=O) groups excluding carboxylic acids is 1. The van der Waals surface area contributed by atoms with E-state index < -0.39 is 0 Å². The Kier molecular flexibility index (Phi) is 3.82. The number of aryl methyl sites for hydroxylation is 1. The van der Waals surface area contributed by atoms with Gasteiger partial charge in [-0.2, -0.15) is 0 Å². The molecule has 0 radical (unpaired) electrons. The quantitative estimate of drug-likeness (QED) is 0.821. The topological polar surface area (TPSA) is 36.1 Å². The fourth-order valence-electron chi connectivity index (χ4n) is 2.32. The lowest BCUT2D eigenvalue weighted by atomic mass is 10.0. The van der Waals surface area contributed by atoms with Crippen molar-refractivity contribution in [2.45, 2.75) is 20.8 Å². The van der Waals surface area contributed by atoms with Crippen LogP contribution in [0.1, 0.15) is 29.8 Å². The zero-order valence-corrected chi connectivity index (χ0v) is 11.3. The van der Waals surface area contributed by atoms with Gasteiger partial charge >= 0.3 is 0 Å². The third-order valence-electron chi connectivity index (χ3n) is 3.48. The summed E-state index contributed by atoms with van der Waals surface area (Å²) in [5.41, 5.74) is 3.00. The average Bonchev–Trinajstić information content (AvgIpc) is 2.81. The van der Waals surface area contributed by atoms with Gasteiger partial charge in [0.05, 0.1) is 6.54 Å². The monoisotopic (exact) mass is 244 g/mol. The third-order valence-corrected chi connectivity index (χ3v) is 3.48. The standard InChI is InChI=1S/C15H20N2O/c1-4-17(5-2)10-14(18)12-9-16-13-8-6-7-11(3)15(12)13/h6-9,16H,4-5,10H2,1-3H3. The molecule has 0 saturated heterocycles. The summed E-state index contributed by atoms with van der Waals surface area (Å²) in [6.45, 7) is 8.51. The summed E-state index contributed by atoms with van der Waals surface area (Å²) in [6.07, 6.45) is 1.84. The summed E-state index contributed by atoms with van der Waals surface area (Å²) >= 11 is 0. The van der Waals surface area contributed by atoms with Gasteiger partial charge in [0.25, 0.3) is 0 Å². The highest BCUT2D eigenvalue weighted by molar-refractivity contribution is 6.09. The van der Waals surface area contributed by atoms with Gasteiger partial charge in [0.2, 0.25) is 0 Å². The summed E-state index contributed by atoms with van der Waals surface area (Å²) in [6, 6.07) is 6.06. The van der Waals surface area contributed by atoms with Crippen LogP contribution < -0.4 is 0 Å². The second-order valence-electron chi connectivity index (χ2n) is 4.58. The van der Waals surface area contributed by atoms with Gasteiger partial charge in [-0.3, -0.25) is 9.69 Å². The lowest BCUT2D eigenvalue weighted by Gasteiger charge is -2.16. The largest absolute Gasteiger partial charge is 0.360 e. The Balaban J connectivity index is 2.34. The second-order valence-corrected chi connectivity index (χ2v) is 4.58. The summed E-state index contributed by atoms with van der Waals surface area (Å²) < 4.78 is 0. The molecule has 96 valence electrons. The zero-order valence-electron chi connectivity index (χ0n) is 11.3. The highest BCUT2D eigenvalue weighted by Gasteiger charge is 2.15.